The SMILES string of the molecule is CC/C=C\C/C=C\C/C=C\C/C=C\C/C=C\C/C=C\CCCOCC(COP(=O)(O)OCCN)OC(=O)CCCCCCCCCCC/C=C\C/C=C\C/C=C\C/C=C\C/C=C\CC. The van der Waals surface area contributed by atoms with Gasteiger partial charge in [-0.05, 0) is 103 Å². The number of carbonyl (C=O) groups excluding carboxylic acids is 1. The first-order valence-corrected chi connectivity index (χ1v) is 26.2. The van der Waals surface area contributed by atoms with Gasteiger partial charge in [0.25, 0.3) is 0 Å². The van der Waals surface area contributed by atoms with Gasteiger partial charge in [0.05, 0.1) is 19.8 Å². The lowest BCUT2D eigenvalue weighted by atomic mass is 10.1. The molecule has 0 saturated carbocycles. The summed E-state index contributed by atoms with van der Waals surface area (Å²) in [4.78, 5) is 22.6. The van der Waals surface area contributed by atoms with Gasteiger partial charge in [-0.3, -0.25) is 13.8 Å². The van der Waals surface area contributed by atoms with Gasteiger partial charge >= 0.3 is 13.8 Å². The topological polar surface area (TPSA) is 117 Å². The molecule has 0 aliphatic rings. The van der Waals surface area contributed by atoms with Gasteiger partial charge in [-0.2, -0.15) is 0 Å². The number of hydrogen-bond donors (Lipinski definition) is 2. The number of phosphoric acid groups is 1. The van der Waals surface area contributed by atoms with E-state index in [2.05, 4.69) is 148 Å². The summed E-state index contributed by atoms with van der Waals surface area (Å²) in [7, 11) is -4.31. The average Bonchev–Trinajstić information content (AvgIpc) is 3.29. The first kappa shape index (κ1) is 60.6. The Bertz CT molecular complexity index is 1440. The number of rotatable bonds is 45. The van der Waals surface area contributed by atoms with Gasteiger partial charge in [0.2, 0.25) is 0 Å². The summed E-state index contributed by atoms with van der Waals surface area (Å²) >= 11 is 0. The van der Waals surface area contributed by atoms with E-state index in [0.29, 0.717) is 6.61 Å². The van der Waals surface area contributed by atoms with Crippen LogP contribution in [-0.4, -0.2) is 49.9 Å². The highest BCUT2D eigenvalue weighted by atomic mass is 31.2. The van der Waals surface area contributed by atoms with E-state index in [1.54, 1.807) is 0 Å². The molecule has 8 nitrogen and oxygen atoms in total. The van der Waals surface area contributed by atoms with E-state index < -0.39 is 13.9 Å². The van der Waals surface area contributed by atoms with Gasteiger partial charge in [0.1, 0.15) is 6.10 Å². The molecule has 0 aliphatic heterocycles. The van der Waals surface area contributed by atoms with Crippen LogP contribution in [0.15, 0.2) is 134 Å². The molecule has 0 rings (SSSR count). The summed E-state index contributed by atoms with van der Waals surface area (Å²) in [6, 6.07) is 0. The maximum Gasteiger partial charge on any atom is 0.472 e. The van der Waals surface area contributed by atoms with Gasteiger partial charge in [-0.1, -0.05) is 192 Å². The molecule has 0 aromatic heterocycles. The number of unbranched alkanes of at least 4 members (excludes halogenated alkanes) is 10. The lowest BCUT2D eigenvalue weighted by Gasteiger charge is -2.20. The van der Waals surface area contributed by atoms with Crippen LogP contribution >= 0.6 is 7.82 Å². The van der Waals surface area contributed by atoms with Crippen LogP contribution in [0.4, 0.5) is 0 Å². The third-order valence-corrected chi connectivity index (χ3v) is 10.5. The molecule has 0 aliphatic carbocycles. The summed E-state index contributed by atoms with van der Waals surface area (Å²) < 4.78 is 33.5. The zero-order valence-electron chi connectivity index (χ0n) is 40.2. The standard InChI is InChI=1S/C55H90NO7P/c1-3-5-7-9-11-13-15-17-19-21-23-25-26-27-28-29-30-32-34-36-38-40-42-44-46-48-55(57)63-54(53-62-64(58,59)61-51-49-56)52-60-50-47-45-43-41-39-37-35-33-31-24-22-20-18-16-14-12-10-8-6-4-2/h5-8,11-14,17-20,23-25,27-28,31,35,37,41,43,54H,3-4,9-10,15-16,21-22,26,29-30,32-34,36,38-40,42,44-53,56H2,1-2H3,(H,58,59)/b7-5-,8-6-,13-11-,14-12-,19-17-,20-18-,25-23-,28-27-,31-24-,37-35-,43-41-. The number of esters is 1. The minimum absolute atomic E-state index is 0.0642. The molecule has 0 aromatic carbocycles. The molecule has 3 N–H and O–H groups in total. The molecule has 9 heteroatoms. The maximum atomic E-state index is 12.7. The van der Waals surface area contributed by atoms with Crippen LogP contribution in [0.5, 0.6) is 0 Å². The van der Waals surface area contributed by atoms with Crippen LogP contribution < -0.4 is 5.73 Å². The van der Waals surface area contributed by atoms with Gasteiger partial charge in [0, 0.05) is 19.6 Å². The first-order chi connectivity index (χ1) is 31.4. The normalized spacial score (nSPS) is 14.5. The van der Waals surface area contributed by atoms with Crippen LogP contribution in [0, 0.1) is 0 Å². The molecule has 362 valence electrons. The highest BCUT2D eigenvalue weighted by molar-refractivity contribution is 7.47. The molecule has 0 heterocycles. The van der Waals surface area contributed by atoms with Crippen molar-refractivity contribution in [2.45, 2.75) is 174 Å². The summed E-state index contributed by atoms with van der Waals surface area (Å²) in [5, 5.41) is 0. The number of nitrogens with two attached hydrogens (primary N) is 1. The minimum Gasteiger partial charge on any atom is -0.457 e. The predicted molar refractivity (Wildman–Crippen MR) is 274 cm³/mol. The highest BCUT2D eigenvalue weighted by Gasteiger charge is 2.25. The van der Waals surface area contributed by atoms with Crippen molar-refractivity contribution in [3.63, 3.8) is 0 Å². The third kappa shape index (κ3) is 49.7. The summed E-state index contributed by atoms with van der Waals surface area (Å²) in [6.45, 7) is 4.49. The van der Waals surface area contributed by atoms with Crippen molar-refractivity contribution >= 4 is 13.8 Å². The number of allylic oxidation sites excluding steroid dienone is 22. The minimum atomic E-state index is -4.31. The first-order valence-electron chi connectivity index (χ1n) is 24.7. The number of ether oxygens (including phenoxy) is 2. The van der Waals surface area contributed by atoms with Gasteiger partial charge in [0.15, 0.2) is 0 Å². The summed E-state index contributed by atoms with van der Waals surface area (Å²) in [6.07, 6.45) is 72.1. The van der Waals surface area contributed by atoms with E-state index in [-0.39, 0.29) is 38.8 Å². The molecule has 2 atom stereocenters. The Morgan fingerprint density at radius 1 is 0.469 bits per heavy atom. The van der Waals surface area contributed by atoms with Crippen molar-refractivity contribution in [3.05, 3.63) is 134 Å². The second kappa shape index (κ2) is 50.6. The molecule has 2 unspecified atom stereocenters. The Kier molecular flexibility index (Phi) is 48.0. The smallest absolute Gasteiger partial charge is 0.457 e. The van der Waals surface area contributed by atoms with Crippen LogP contribution in [0.2, 0.25) is 0 Å². The van der Waals surface area contributed by atoms with E-state index in [0.717, 1.165) is 109 Å². The zero-order valence-corrected chi connectivity index (χ0v) is 41.1. The molecule has 0 saturated heterocycles. The average molecular weight is 908 g/mol. The summed E-state index contributed by atoms with van der Waals surface area (Å²) in [5.74, 6) is -0.363. The Hall–Kier alpha value is -3.36. The molecule has 64 heavy (non-hydrogen) atoms. The fraction of sp³-hybridized carbons (Fsp3) is 0.582. The van der Waals surface area contributed by atoms with E-state index in [9.17, 15) is 14.3 Å². The van der Waals surface area contributed by atoms with Crippen LogP contribution in [-0.2, 0) is 27.9 Å². The fourth-order valence-corrected chi connectivity index (χ4v) is 6.80. The van der Waals surface area contributed by atoms with Gasteiger partial charge < -0.3 is 20.1 Å². The van der Waals surface area contributed by atoms with Crippen molar-refractivity contribution < 1.29 is 32.8 Å². The number of carbonyl (C=O) groups is 1. The number of phosphoric ester groups is 1. The van der Waals surface area contributed by atoms with Crippen LogP contribution in [0.25, 0.3) is 0 Å². The number of hydrogen-bond acceptors (Lipinski definition) is 7. The predicted octanol–water partition coefficient (Wildman–Crippen LogP) is 15.5. The summed E-state index contributed by atoms with van der Waals surface area (Å²) in [5.41, 5.74) is 5.38. The van der Waals surface area contributed by atoms with E-state index >= 15 is 0 Å². The largest absolute Gasteiger partial charge is 0.472 e. The second-order valence-corrected chi connectivity index (χ2v) is 17.0. The zero-order chi connectivity index (χ0) is 46.5. The monoisotopic (exact) mass is 908 g/mol. The Labute approximate surface area is 391 Å². The molecular weight excluding hydrogens is 818 g/mol. The van der Waals surface area contributed by atoms with Crippen molar-refractivity contribution in [3.8, 4) is 0 Å². The van der Waals surface area contributed by atoms with Crippen LogP contribution in [0.1, 0.15) is 168 Å². The van der Waals surface area contributed by atoms with E-state index in [4.69, 9.17) is 24.3 Å². The third-order valence-electron chi connectivity index (χ3n) is 9.56. The molecule has 0 radical (unpaired) electrons. The molecular formula is C55H90NO7P. The molecule has 0 bridgehead atoms. The van der Waals surface area contributed by atoms with Crippen molar-refractivity contribution in [2.75, 3.05) is 33.0 Å². The second-order valence-electron chi connectivity index (χ2n) is 15.6. The highest BCUT2D eigenvalue weighted by Crippen LogP contribution is 2.43. The Morgan fingerprint density at radius 2 is 0.828 bits per heavy atom. The molecule has 0 aromatic rings. The van der Waals surface area contributed by atoms with Crippen molar-refractivity contribution in [1.82, 2.24) is 0 Å². The lowest BCUT2D eigenvalue weighted by Crippen LogP contribution is -2.28. The van der Waals surface area contributed by atoms with Crippen LogP contribution in [0.3, 0.4) is 0 Å². The lowest BCUT2D eigenvalue weighted by molar-refractivity contribution is -0.154. The fourth-order valence-electron chi connectivity index (χ4n) is 6.04. The Morgan fingerprint density at radius 3 is 1.23 bits per heavy atom. The molecule has 0 amide bonds. The van der Waals surface area contributed by atoms with Crippen molar-refractivity contribution in [1.29, 1.82) is 0 Å². The molecule has 0 spiro atoms. The van der Waals surface area contributed by atoms with E-state index in [1.807, 2.05) is 0 Å². The molecule has 0 fully saturated rings. The van der Waals surface area contributed by atoms with Gasteiger partial charge in [-0.15, -0.1) is 0 Å². The quantitative estimate of drug-likeness (QED) is 0.0268. The Balaban J connectivity index is 4.11. The van der Waals surface area contributed by atoms with Crippen molar-refractivity contribution in [2.24, 2.45) is 5.73 Å². The maximum absolute atomic E-state index is 12.7. The van der Waals surface area contributed by atoms with Gasteiger partial charge in [-0.25, -0.2) is 4.57 Å². The van der Waals surface area contributed by atoms with E-state index in [1.165, 1.54) is 38.5 Å².